The van der Waals surface area contributed by atoms with Crippen LogP contribution in [0.5, 0.6) is 5.75 Å². The molecule has 0 fully saturated rings. The summed E-state index contributed by atoms with van der Waals surface area (Å²) in [5, 5.41) is 0.502. The van der Waals surface area contributed by atoms with Gasteiger partial charge in [0, 0.05) is 15.5 Å². The molecule has 6 heteroatoms. The van der Waals surface area contributed by atoms with Gasteiger partial charge in [0.2, 0.25) is 0 Å². The lowest BCUT2D eigenvalue weighted by Crippen LogP contribution is -2.01. The largest absolute Gasteiger partial charge is 0.497 e. The van der Waals surface area contributed by atoms with Crippen molar-refractivity contribution >= 4 is 34.1 Å². The summed E-state index contributed by atoms with van der Waals surface area (Å²) < 4.78 is 9.80. The summed E-state index contributed by atoms with van der Waals surface area (Å²) in [6, 6.07) is 9.64. The Morgan fingerprint density at radius 1 is 1.30 bits per heavy atom. The molecule has 0 saturated carbocycles. The highest BCUT2D eigenvalue weighted by Crippen LogP contribution is 2.31. The zero-order chi connectivity index (χ0) is 14.5. The van der Waals surface area contributed by atoms with Crippen LogP contribution >= 0.6 is 23.1 Å². The van der Waals surface area contributed by atoms with Crippen LogP contribution in [0.15, 0.2) is 35.2 Å². The van der Waals surface area contributed by atoms with Gasteiger partial charge < -0.3 is 15.2 Å². The summed E-state index contributed by atoms with van der Waals surface area (Å²) >= 11 is 3.10. The number of benzene rings is 1. The molecular formula is C14H15NO3S2. The van der Waals surface area contributed by atoms with Crippen LogP contribution < -0.4 is 10.5 Å². The number of hydrogen-bond donors (Lipinski definition) is 1. The minimum Gasteiger partial charge on any atom is -0.497 e. The van der Waals surface area contributed by atoms with E-state index in [0.29, 0.717) is 10.6 Å². The van der Waals surface area contributed by atoms with Gasteiger partial charge in [-0.1, -0.05) is 0 Å². The highest BCUT2D eigenvalue weighted by Gasteiger charge is 2.14. The van der Waals surface area contributed by atoms with E-state index in [9.17, 15) is 4.79 Å². The predicted molar refractivity (Wildman–Crippen MR) is 82.6 cm³/mol. The van der Waals surface area contributed by atoms with Crippen LogP contribution in [0.3, 0.4) is 0 Å². The Kier molecular flexibility index (Phi) is 4.92. The number of methoxy groups -OCH3 is 2. The van der Waals surface area contributed by atoms with Gasteiger partial charge in [-0.05, 0) is 30.3 Å². The van der Waals surface area contributed by atoms with Gasteiger partial charge in [-0.2, -0.15) is 0 Å². The van der Waals surface area contributed by atoms with Crippen LogP contribution in [0, 0.1) is 0 Å². The van der Waals surface area contributed by atoms with Crippen LogP contribution in [0.2, 0.25) is 0 Å². The van der Waals surface area contributed by atoms with Crippen molar-refractivity contribution in [2.75, 3.05) is 20.0 Å². The SMILES string of the molecule is COC(=O)c1cc(CSc2ccc(OC)cc2)sc1N. The number of rotatable bonds is 5. The van der Waals surface area contributed by atoms with Crippen molar-refractivity contribution in [2.24, 2.45) is 0 Å². The lowest BCUT2D eigenvalue weighted by molar-refractivity contribution is 0.0602. The Hall–Kier alpha value is -1.66. The fraction of sp³-hybridized carbons (Fsp3) is 0.214. The predicted octanol–water partition coefficient (Wildman–Crippen LogP) is 3.42. The van der Waals surface area contributed by atoms with Crippen LogP contribution in [0.25, 0.3) is 0 Å². The minimum absolute atomic E-state index is 0.389. The molecule has 2 aromatic rings. The zero-order valence-electron chi connectivity index (χ0n) is 11.2. The second-order valence-corrected chi connectivity index (χ2v) is 6.16. The summed E-state index contributed by atoms with van der Waals surface area (Å²) in [6.07, 6.45) is 0. The van der Waals surface area contributed by atoms with E-state index >= 15 is 0 Å². The number of carbonyl (C=O) groups excluding carboxylic acids is 1. The molecular weight excluding hydrogens is 294 g/mol. The maximum absolute atomic E-state index is 11.5. The number of nitrogens with two attached hydrogens (primary N) is 1. The Morgan fingerprint density at radius 2 is 2.00 bits per heavy atom. The molecule has 1 aromatic heterocycles. The highest BCUT2D eigenvalue weighted by atomic mass is 32.2. The average molecular weight is 309 g/mol. The Labute approximate surface area is 125 Å². The standard InChI is InChI=1S/C14H15NO3S2/c1-17-9-3-5-10(6-4-9)19-8-11-7-12(13(15)20-11)14(16)18-2/h3-7H,8,15H2,1-2H3. The second kappa shape index (κ2) is 6.67. The number of anilines is 1. The third kappa shape index (κ3) is 3.46. The van der Waals surface area contributed by atoms with Crippen LogP contribution in [-0.4, -0.2) is 20.2 Å². The molecule has 0 aliphatic heterocycles. The molecule has 2 N–H and O–H groups in total. The monoisotopic (exact) mass is 309 g/mol. The van der Waals surface area contributed by atoms with Crippen molar-refractivity contribution in [3.63, 3.8) is 0 Å². The first-order valence-electron chi connectivity index (χ1n) is 5.87. The molecule has 20 heavy (non-hydrogen) atoms. The lowest BCUT2D eigenvalue weighted by Gasteiger charge is -2.02. The first-order valence-corrected chi connectivity index (χ1v) is 7.67. The number of thioether (sulfide) groups is 1. The molecule has 0 bridgehead atoms. The number of carbonyl (C=O) groups is 1. The molecule has 0 aliphatic rings. The van der Waals surface area contributed by atoms with E-state index in [1.54, 1.807) is 24.9 Å². The molecule has 2 rings (SSSR count). The molecule has 106 valence electrons. The van der Waals surface area contributed by atoms with Crippen molar-refractivity contribution in [1.29, 1.82) is 0 Å². The van der Waals surface area contributed by atoms with E-state index in [2.05, 4.69) is 4.74 Å². The van der Waals surface area contributed by atoms with E-state index in [1.165, 1.54) is 18.4 Å². The summed E-state index contributed by atoms with van der Waals surface area (Å²) in [5.74, 6) is 1.21. The van der Waals surface area contributed by atoms with Gasteiger partial charge in [-0.15, -0.1) is 23.1 Å². The van der Waals surface area contributed by atoms with E-state index < -0.39 is 0 Å². The van der Waals surface area contributed by atoms with Crippen molar-refractivity contribution in [2.45, 2.75) is 10.6 Å². The summed E-state index contributed by atoms with van der Waals surface area (Å²) in [7, 11) is 3.00. The van der Waals surface area contributed by atoms with Crippen LogP contribution in [0.4, 0.5) is 5.00 Å². The van der Waals surface area contributed by atoms with Crippen molar-refractivity contribution in [3.8, 4) is 5.75 Å². The third-order valence-electron chi connectivity index (χ3n) is 2.66. The molecule has 1 heterocycles. The number of ether oxygens (including phenoxy) is 2. The number of thiophene rings is 1. The maximum Gasteiger partial charge on any atom is 0.340 e. The minimum atomic E-state index is -0.389. The smallest absolute Gasteiger partial charge is 0.340 e. The molecule has 0 atom stereocenters. The summed E-state index contributed by atoms with van der Waals surface area (Å²) in [5.41, 5.74) is 6.26. The normalized spacial score (nSPS) is 10.3. The van der Waals surface area contributed by atoms with Gasteiger partial charge in [0.1, 0.15) is 10.8 Å². The van der Waals surface area contributed by atoms with Gasteiger partial charge >= 0.3 is 5.97 Å². The molecule has 0 amide bonds. The first kappa shape index (κ1) is 14.7. The first-order chi connectivity index (χ1) is 9.63. The van der Waals surface area contributed by atoms with E-state index in [1.807, 2.05) is 24.3 Å². The third-order valence-corrected chi connectivity index (χ3v) is 4.87. The van der Waals surface area contributed by atoms with Crippen LogP contribution in [0.1, 0.15) is 15.2 Å². The van der Waals surface area contributed by atoms with Gasteiger partial charge in [-0.3, -0.25) is 0 Å². The van der Waals surface area contributed by atoms with E-state index in [0.717, 1.165) is 21.3 Å². The summed E-state index contributed by atoms with van der Waals surface area (Å²) in [6.45, 7) is 0. The molecule has 0 radical (unpaired) electrons. The Morgan fingerprint density at radius 3 is 2.60 bits per heavy atom. The topological polar surface area (TPSA) is 61.5 Å². The van der Waals surface area contributed by atoms with Gasteiger partial charge in [0.15, 0.2) is 0 Å². The quantitative estimate of drug-likeness (QED) is 0.677. The number of nitrogen functional groups attached to an aromatic ring is 1. The fourth-order valence-electron chi connectivity index (χ4n) is 1.62. The summed E-state index contributed by atoms with van der Waals surface area (Å²) in [4.78, 5) is 13.7. The van der Waals surface area contributed by atoms with Gasteiger partial charge in [0.05, 0.1) is 19.8 Å². The van der Waals surface area contributed by atoms with Crippen molar-refractivity contribution in [3.05, 3.63) is 40.8 Å². The van der Waals surface area contributed by atoms with Gasteiger partial charge in [0.25, 0.3) is 0 Å². The average Bonchev–Trinajstić information content (AvgIpc) is 2.86. The fourth-order valence-corrected chi connectivity index (χ4v) is 3.47. The van der Waals surface area contributed by atoms with Gasteiger partial charge in [-0.25, -0.2) is 4.79 Å². The molecule has 1 aromatic carbocycles. The Bertz CT molecular complexity index is 593. The molecule has 0 unspecified atom stereocenters. The maximum atomic E-state index is 11.5. The molecule has 4 nitrogen and oxygen atoms in total. The molecule has 0 saturated heterocycles. The zero-order valence-corrected chi connectivity index (χ0v) is 12.8. The number of esters is 1. The lowest BCUT2D eigenvalue weighted by atomic mass is 10.3. The van der Waals surface area contributed by atoms with Crippen molar-refractivity contribution < 1.29 is 14.3 Å². The van der Waals surface area contributed by atoms with Crippen LogP contribution in [-0.2, 0) is 10.5 Å². The highest BCUT2D eigenvalue weighted by molar-refractivity contribution is 7.98. The Balaban J connectivity index is 2.01. The van der Waals surface area contributed by atoms with Crippen molar-refractivity contribution in [1.82, 2.24) is 0 Å². The van der Waals surface area contributed by atoms with E-state index in [-0.39, 0.29) is 5.97 Å². The molecule has 0 spiro atoms. The number of hydrogen-bond acceptors (Lipinski definition) is 6. The van der Waals surface area contributed by atoms with E-state index in [4.69, 9.17) is 10.5 Å². The molecule has 0 aliphatic carbocycles. The second-order valence-electron chi connectivity index (χ2n) is 3.95.